The Balaban J connectivity index is 1.96. The SMILES string of the molecule is CCCC(=O)NC1CCN(S(=O)(=O)c2ccc(Cl)cc2)CC1. The van der Waals surface area contributed by atoms with Gasteiger partial charge in [-0.15, -0.1) is 0 Å². The number of nitrogens with zero attached hydrogens (tertiary/aromatic N) is 1. The summed E-state index contributed by atoms with van der Waals surface area (Å²) in [6.45, 7) is 2.80. The van der Waals surface area contributed by atoms with Crippen molar-refractivity contribution in [3.8, 4) is 0 Å². The number of halogens is 1. The number of amides is 1. The lowest BCUT2D eigenvalue weighted by atomic mass is 10.1. The number of piperidine rings is 1. The zero-order chi connectivity index (χ0) is 16.2. The van der Waals surface area contributed by atoms with Crippen molar-refractivity contribution >= 4 is 27.5 Å². The lowest BCUT2D eigenvalue weighted by Gasteiger charge is -2.31. The van der Waals surface area contributed by atoms with Gasteiger partial charge in [0.25, 0.3) is 0 Å². The van der Waals surface area contributed by atoms with E-state index in [2.05, 4.69) is 5.32 Å². The summed E-state index contributed by atoms with van der Waals surface area (Å²) in [5, 5.41) is 3.47. The molecule has 0 radical (unpaired) electrons. The van der Waals surface area contributed by atoms with Crippen molar-refractivity contribution in [2.75, 3.05) is 13.1 Å². The number of hydrogen-bond donors (Lipinski definition) is 1. The van der Waals surface area contributed by atoms with Crippen molar-refractivity contribution in [3.05, 3.63) is 29.3 Å². The molecule has 1 fully saturated rings. The van der Waals surface area contributed by atoms with Gasteiger partial charge in [-0.25, -0.2) is 8.42 Å². The minimum absolute atomic E-state index is 0.0431. The molecule has 1 aliphatic rings. The van der Waals surface area contributed by atoms with Gasteiger partial charge < -0.3 is 5.32 Å². The quantitative estimate of drug-likeness (QED) is 0.892. The molecule has 0 unspecified atom stereocenters. The van der Waals surface area contributed by atoms with Crippen molar-refractivity contribution in [1.82, 2.24) is 9.62 Å². The topological polar surface area (TPSA) is 66.5 Å². The molecule has 1 aromatic rings. The van der Waals surface area contributed by atoms with Crippen molar-refractivity contribution in [3.63, 3.8) is 0 Å². The Hall–Kier alpha value is -1.11. The molecule has 1 N–H and O–H groups in total. The molecular formula is C15H21ClN2O3S. The smallest absolute Gasteiger partial charge is 0.243 e. The van der Waals surface area contributed by atoms with Crippen molar-refractivity contribution in [2.45, 2.75) is 43.5 Å². The van der Waals surface area contributed by atoms with Crippen LogP contribution in [0.3, 0.4) is 0 Å². The third kappa shape index (κ3) is 4.21. The molecule has 1 amide bonds. The molecule has 5 nitrogen and oxygen atoms in total. The fourth-order valence-electron chi connectivity index (χ4n) is 2.52. The highest BCUT2D eigenvalue weighted by Crippen LogP contribution is 2.22. The van der Waals surface area contributed by atoms with Gasteiger partial charge in [-0.1, -0.05) is 18.5 Å². The van der Waals surface area contributed by atoms with Gasteiger partial charge in [0.1, 0.15) is 0 Å². The average Bonchev–Trinajstić information content (AvgIpc) is 2.48. The second-order valence-corrected chi connectivity index (χ2v) is 7.82. The molecule has 1 aliphatic heterocycles. The van der Waals surface area contributed by atoms with E-state index in [0.717, 1.165) is 6.42 Å². The van der Waals surface area contributed by atoms with E-state index in [9.17, 15) is 13.2 Å². The van der Waals surface area contributed by atoms with Gasteiger partial charge in [0.05, 0.1) is 4.90 Å². The van der Waals surface area contributed by atoms with Crippen molar-refractivity contribution < 1.29 is 13.2 Å². The van der Waals surface area contributed by atoms with Crippen LogP contribution in [0, 0.1) is 0 Å². The highest BCUT2D eigenvalue weighted by atomic mass is 35.5. The van der Waals surface area contributed by atoms with Crippen LogP contribution in [-0.4, -0.2) is 37.8 Å². The predicted molar refractivity (Wildman–Crippen MR) is 86.3 cm³/mol. The van der Waals surface area contributed by atoms with Gasteiger partial charge in [0, 0.05) is 30.6 Å². The molecule has 0 atom stereocenters. The van der Waals surface area contributed by atoms with Gasteiger partial charge in [0.2, 0.25) is 15.9 Å². The van der Waals surface area contributed by atoms with Crippen LogP contribution in [0.1, 0.15) is 32.6 Å². The molecular weight excluding hydrogens is 324 g/mol. The van der Waals surface area contributed by atoms with E-state index in [1.807, 2.05) is 6.92 Å². The van der Waals surface area contributed by atoms with Crippen molar-refractivity contribution in [2.24, 2.45) is 0 Å². The maximum atomic E-state index is 12.5. The molecule has 22 heavy (non-hydrogen) atoms. The van der Waals surface area contributed by atoms with E-state index in [0.29, 0.717) is 37.4 Å². The van der Waals surface area contributed by atoms with E-state index in [4.69, 9.17) is 11.6 Å². The Kier molecular flexibility index (Phi) is 5.83. The summed E-state index contributed by atoms with van der Waals surface area (Å²) in [5.41, 5.74) is 0. The van der Waals surface area contributed by atoms with Gasteiger partial charge in [-0.05, 0) is 43.5 Å². The van der Waals surface area contributed by atoms with Crippen LogP contribution >= 0.6 is 11.6 Å². The molecule has 2 rings (SSSR count). The van der Waals surface area contributed by atoms with E-state index in [1.165, 1.54) is 16.4 Å². The largest absolute Gasteiger partial charge is 0.353 e. The zero-order valence-corrected chi connectivity index (χ0v) is 14.2. The van der Waals surface area contributed by atoms with E-state index in [-0.39, 0.29) is 16.8 Å². The second kappa shape index (κ2) is 7.44. The number of rotatable bonds is 5. The molecule has 0 aliphatic carbocycles. The minimum Gasteiger partial charge on any atom is -0.353 e. The highest BCUT2D eigenvalue weighted by molar-refractivity contribution is 7.89. The first-order valence-electron chi connectivity index (χ1n) is 7.48. The summed E-state index contributed by atoms with van der Waals surface area (Å²) < 4.78 is 26.5. The molecule has 0 spiro atoms. The number of benzene rings is 1. The standard InChI is InChI=1S/C15H21ClN2O3S/c1-2-3-15(19)17-13-8-10-18(11-9-13)22(20,21)14-6-4-12(16)5-7-14/h4-7,13H,2-3,8-11H2,1H3,(H,17,19). The first kappa shape index (κ1) is 17.2. The molecule has 1 saturated heterocycles. The summed E-state index contributed by atoms with van der Waals surface area (Å²) in [5.74, 6) is 0.0431. The lowest BCUT2D eigenvalue weighted by Crippen LogP contribution is -2.46. The normalized spacial score (nSPS) is 17.4. The van der Waals surface area contributed by atoms with Gasteiger partial charge in [0.15, 0.2) is 0 Å². The van der Waals surface area contributed by atoms with Crippen LogP contribution in [-0.2, 0) is 14.8 Å². The Bertz CT molecular complexity index is 608. The number of carbonyl (C=O) groups excluding carboxylic acids is 1. The van der Waals surface area contributed by atoms with Gasteiger partial charge in [-0.2, -0.15) is 4.31 Å². The highest BCUT2D eigenvalue weighted by Gasteiger charge is 2.29. The molecule has 1 aromatic carbocycles. The summed E-state index contributed by atoms with van der Waals surface area (Å²) >= 11 is 5.79. The summed E-state index contributed by atoms with van der Waals surface area (Å²) in [6, 6.07) is 6.26. The van der Waals surface area contributed by atoms with E-state index < -0.39 is 10.0 Å². The third-order valence-electron chi connectivity index (χ3n) is 3.75. The van der Waals surface area contributed by atoms with Crippen molar-refractivity contribution in [1.29, 1.82) is 0 Å². The lowest BCUT2D eigenvalue weighted by molar-refractivity contribution is -0.122. The maximum absolute atomic E-state index is 12.5. The third-order valence-corrected chi connectivity index (χ3v) is 5.91. The number of nitrogens with one attached hydrogen (secondary N) is 1. The van der Waals surface area contributed by atoms with Crippen LogP contribution in [0.15, 0.2) is 29.2 Å². The Morgan fingerprint density at radius 3 is 2.41 bits per heavy atom. The number of hydrogen-bond acceptors (Lipinski definition) is 3. The van der Waals surface area contributed by atoms with Crippen LogP contribution < -0.4 is 5.32 Å². The summed E-state index contributed by atoms with van der Waals surface area (Å²) in [7, 11) is -3.48. The van der Waals surface area contributed by atoms with E-state index >= 15 is 0 Å². The predicted octanol–water partition coefficient (Wildman–Crippen LogP) is 2.41. The number of sulfonamides is 1. The summed E-state index contributed by atoms with van der Waals surface area (Å²) in [6.07, 6.45) is 2.61. The van der Waals surface area contributed by atoms with E-state index in [1.54, 1.807) is 12.1 Å². The first-order valence-corrected chi connectivity index (χ1v) is 9.30. The maximum Gasteiger partial charge on any atom is 0.243 e. The average molecular weight is 345 g/mol. The zero-order valence-electron chi connectivity index (χ0n) is 12.6. The monoisotopic (exact) mass is 344 g/mol. The molecule has 0 bridgehead atoms. The Labute approximate surface area is 136 Å². The first-order chi connectivity index (χ1) is 10.4. The molecule has 7 heteroatoms. The van der Waals surface area contributed by atoms with Crippen LogP contribution in [0.25, 0.3) is 0 Å². The summed E-state index contributed by atoms with van der Waals surface area (Å²) in [4.78, 5) is 11.8. The van der Waals surface area contributed by atoms with Crippen LogP contribution in [0.5, 0.6) is 0 Å². The molecule has 1 heterocycles. The van der Waals surface area contributed by atoms with Gasteiger partial charge >= 0.3 is 0 Å². The second-order valence-electron chi connectivity index (χ2n) is 5.45. The Morgan fingerprint density at radius 2 is 1.86 bits per heavy atom. The molecule has 122 valence electrons. The molecule has 0 saturated carbocycles. The minimum atomic E-state index is -3.48. The molecule has 0 aromatic heterocycles. The fourth-order valence-corrected chi connectivity index (χ4v) is 4.12. The Morgan fingerprint density at radius 1 is 1.27 bits per heavy atom. The number of carbonyl (C=O) groups is 1. The van der Waals surface area contributed by atoms with Gasteiger partial charge in [-0.3, -0.25) is 4.79 Å². The fraction of sp³-hybridized carbons (Fsp3) is 0.533. The van der Waals surface area contributed by atoms with Crippen LogP contribution in [0.2, 0.25) is 5.02 Å². The van der Waals surface area contributed by atoms with Crippen LogP contribution in [0.4, 0.5) is 0 Å².